The van der Waals surface area contributed by atoms with E-state index in [4.69, 9.17) is 9.47 Å². The van der Waals surface area contributed by atoms with E-state index in [2.05, 4.69) is 104 Å². The summed E-state index contributed by atoms with van der Waals surface area (Å²) in [6, 6.07) is 25.6. The minimum atomic E-state index is -0.545. The number of hydrogen-bond acceptors (Lipinski definition) is 4. The second-order valence-electron chi connectivity index (χ2n) is 12.2. The Morgan fingerprint density at radius 3 is 2.19 bits per heavy atom. The fourth-order valence-electron chi connectivity index (χ4n) is 7.30. The maximum Gasteiger partial charge on any atom is 0.318 e. The molecule has 0 bridgehead atoms. The second-order valence-corrected chi connectivity index (χ2v) is 12.2. The lowest BCUT2D eigenvalue weighted by atomic mass is 9.68. The third kappa shape index (κ3) is 5.10. The lowest BCUT2D eigenvalue weighted by molar-refractivity contribution is 0.117. The Balaban J connectivity index is 1.46. The minimum absolute atomic E-state index is 0.00285. The van der Waals surface area contributed by atoms with Gasteiger partial charge in [0.25, 0.3) is 0 Å². The van der Waals surface area contributed by atoms with Gasteiger partial charge >= 0.3 is 6.03 Å². The van der Waals surface area contributed by atoms with Crippen molar-refractivity contribution in [2.24, 2.45) is 0 Å². The molecule has 2 fully saturated rings. The molecule has 3 aromatic carbocycles. The highest BCUT2D eigenvalue weighted by Gasteiger charge is 2.54. The molecule has 1 aliphatic heterocycles. The van der Waals surface area contributed by atoms with Crippen molar-refractivity contribution in [1.82, 2.24) is 10.2 Å². The molecule has 224 valence electrons. The maximum atomic E-state index is 13.9. The van der Waals surface area contributed by atoms with Crippen LogP contribution in [0.15, 0.2) is 72.8 Å². The van der Waals surface area contributed by atoms with Crippen LogP contribution < -0.4 is 19.7 Å². The average Bonchev–Trinajstić information content (AvgIpc) is 3.34. The van der Waals surface area contributed by atoms with Gasteiger partial charge in [0.1, 0.15) is 0 Å². The number of nitrogens with one attached hydrogen (secondary N) is 1. The molecule has 1 aliphatic carbocycles. The largest absolute Gasteiger partial charge is 0.490 e. The topological polar surface area (TPSA) is 54.0 Å². The van der Waals surface area contributed by atoms with Crippen molar-refractivity contribution in [1.29, 1.82) is 0 Å². The van der Waals surface area contributed by atoms with Gasteiger partial charge in [-0.25, -0.2) is 4.79 Å². The van der Waals surface area contributed by atoms with Gasteiger partial charge in [0.15, 0.2) is 11.5 Å². The number of anilines is 1. The molecule has 6 nitrogen and oxygen atoms in total. The molecule has 0 aromatic heterocycles. The van der Waals surface area contributed by atoms with Gasteiger partial charge in [0.05, 0.1) is 29.8 Å². The first kappa shape index (κ1) is 29.8. The SMILES string of the molecule is CCOc1cccc(C(C)(CC)N2CC3(CCC(c4ccccc4)(N(C)c4ccccc4C)CC3)NC2=O)c1OCC. The van der Waals surface area contributed by atoms with E-state index in [0.717, 1.165) is 49.2 Å². The van der Waals surface area contributed by atoms with Gasteiger partial charge < -0.3 is 24.6 Å². The van der Waals surface area contributed by atoms with Crippen LogP contribution in [0.5, 0.6) is 11.5 Å². The van der Waals surface area contributed by atoms with Gasteiger partial charge in [-0.3, -0.25) is 0 Å². The summed E-state index contributed by atoms with van der Waals surface area (Å²) in [7, 11) is 2.24. The monoisotopic (exact) mass is 569 g/mol. The Labute approximate surface area is 252 Å². The molecule has 1 N–H and O–H groups in total. The van der Waals surface area contributed by atoms with Crippen LogP contribution in [-0.4, -0.2) is 43.3 Å². The molecule has 6 heteroatoms. The third-order valence-electron chi connectivity index (χ3n) is 9.97. The van der Waals surface area contributed by atoms with Crippen LogP contribution in [0.25, 0.3) is 0 Å². The Morgan fingerprint density at radius 1 is 0.881 bits per heavy atom. The van der Waals surface area contributed by atoms with Crippen LogP contribution in [0, 0.1) is 6.92 Å². The lowest BCUT2D eigenvalue weighted by Crippen LogP contribution is -2.55. The molecule has 1 spiro atoms. The normalized spacial score (nSPS) is 23.4. The van der Waals surface area contributed by atoms with Crippen molar-refractivity contribution < 1.29 is 14.3 Å². The first-order valence-corrected chi connectivity index (χ1v) is 15.6. The molecule has 1 saturated heterocycles. The first-order chi connectivity index (χ1) is 20.2. The van der Waals surface area contributed by atoms with Gasteiger partial charge in [0.2, 0.25) is 0 Å². The number of ether oxygens (including phenoxy) is 2. The number of carbonyl (C=O) groups is 1. The smallest absolute Gasteiger partial charge is 0.318 e. The summed E-state index contributed by atoms with van der Waals surface area (Å²) in [5, 5.41) is 3.50. The first-order valence-electron chi connectivity index (χ1n) is 15.6. The Hall–Kier alpha value is -3.67. The molecular weight excluding hydrogens is 522 g/mol. The summed E-state index contributed by atoms with van der Waals surface area (Å²) in [5.74, 6) is 1.47. The third-order valence-corrected chi connectivity index (χ3v) is 9.97. The van der Waals surface area contributed by atoms with Gasteiger partial charge in [-0.1, -0.05) is 67.6 Å². The predicted octanol–water partition coefficient (Wildman–Crippen LogP) is 7.79. The summed E-state index contributed by atoms with van der Waals surface area (Å²) >= 11 is 0. The molecule has 1 atom stereocenters. The number of aryl methyl sites for hydroxylation is 1. The molecule has 42 heavy (non-hydrogen) atoms. The highest BCUT2D eigenvalue weighted by molar-refractivity contribution is 5.79. The van der Waals surface area contributed by atoms with E-state index in [0.29, 0.717) is 19.8 Å². The van der Waals surface area contributed by atoms with Gasteiger partial charge in [0, 0.05) is 24.8 Å². The molecule has 5 rings (SSSR count). The molecule has 0 radical (unpaired) electrons. The van der Waals surface area contributed by atoms with Crippen LogP contribution in [0.2, 0.25) is 0 Å². The van der Waals surface area contributed by atoms with Crippen molar-refractivity contribution in [3.63, 3.8) is 0 Å². The van der Waals surface area contributed by atoms with Crippen molar-refractivity contribution in [2.45, 2.75) is 83.3 Å². The van der Waals surface area contributed by atoms with Crippen LogP contribution >= 0.6 is 0 Å². The summed E-state index contributed by atoms with van der Waals surface area (Å²) in [6.07, 6.45) is 4.46. The van der Waals surface area contributed by atoms with E-state index in [1.165, 1.54) is 16.8 Å². The summed E-state index contributed by atoms with van der Waals surface area (Å²) in [4.78, 5) is 18.4. The minimum Gasteiger partial charge on any atom is -0.490 e. The Bertz CT molecular complexity index is 1380. The fraction of sp³-hybridized carbons (Fsp3) is 0.472. The van der Waals surface area contributed by atoms with E-state index < -0.39 is 5.54 Å². The average molecular weight is 570 g/mol. The lowest BCUT2D eigenvalue weighted by Gasteiger charge is -2.51. The number of carbonyl (C=O) groups excluding carboxylic acids is 1. The summed E-state index contributed by atoms with van der Waals surface area (Å²) < 4.78 is 12.1. The zero-order valence-electron chi connectivity index (χ0n) is 26.2. The van der Waals surface area contributed by atoms with E-state index in [1.807, 2.05) is 26.0 Å². The Morgan fingerprint density at radius 2 is 1.55 bits per heavy atom. The number of nitrogens with zero attached hydrogens (tertiary/aromatic N) is 2. The zero-order valence-corrected chi connectivity index (χ0v) is 26.2. The molecule has 2 aliphatic rings. The van der Waals surface area contributed by atoms with Crippen LogP contribution in [-0.2, 0) is 11.1 Å². The molecule has 1 unspecified atom stereocenters. The van der Waals surface area contributed by atoms with E-state index in [1.54, 1.807) is 0 Å². The van der Waals surface area contributed by atoms with E-state index in [-0.39, 0.29) is 17.1 Å². The van der Waals surface area contributed by atoms with Crippen molar-refractivity contribution >= 4 is 11.7 Å². The van der Waals surface area contributed by atoms with Crippen LogP contribution in [0.4, 0.5) is 10.5 Å². The number of urea groups is 1. The molecule has 1 saturated carbocycles. The highest BCUT2D eigenvalue weighted by atomic mass is 16.5. The van der Waals surface area contributed by atoms with Crippen molar-refractivity contribution in [3.05, 3.63) is 89.5 Å². The standard InChI is InChI=1S/C36H47N3O3/c1-7-34(5,29-19-15-21-31(41-8-2)32(29)42-9-3)39-26-35(37-33(39)40)22-24-36(25-23-35,28-17-11-10-12-18-28)38(6)30-20-14-13-16-27(30)4/h10-21H,7-9,22-26H2,1-6H3,(H,37,40). The van der Waals surface area contributed by atoms with Gasteiger partial charge in [-0.05, 0) is 83.1 Å². The number of para-hydroxylation sites is 2. The summed E-state index contributed by atoms with van der Waals surface area (Å²) in [6.45, 7) is 12.2. The van der Waals surface area contributed by atoms with Crippen molar-refractivity contribution in [3.8, 4) is 11.5 Å². The predicted molar refractivity (Wildman–Crippen MR) is 171 cm³/mol. The Kier molecular flexibility index (Phi) is 8.45. The van der Waals surface area contributed by atoms with Crippen molar-refractivity contribution in [2.75, 3.05) is 31.7 Å². The number of rotatable bonds is 10. The quantitative estimate of drug-likeness (QED) is 0.271. The second kappa shape index (κ2) is 11.9. The van der Waals surface area contributed by atoms with Crippen LogP contribution in [0.3, 0.4) is 0 Å². The molecule has 1 heterocycles. The highest BCUT2D eigenvalue weighted by Crippen LogP contribution is 2.50. The number of amides is 2. The number of hydrogen-bond donors (Lipinski definition) is 1. The van der Waals surface area contributed by atoms with Crippen LogP contribution in [0.1, 0.15) is 76.5 Å². The van der Waals surface area contributed by atoms with Gasteiger partial charge in [-0.2, -0.15) is 0 Å². The fourth-order valence-corrected chi connectivity index (χ4v) is 7.30. The molecular formula is C36H47N3O3. The molecule has 2 amide bonds. The number of benzene rings is 3. The van der Waals surface area contributed by atoms with Gasteiger partial charge in [-0.15, -0.1) is 0 Å². The maximum absolute atomic E-state index is 13.9. The summed E-state index contributed by atoms with van der Waals surface area (Å²) in [5.41, 5.74) is 3.88. The van der Waals surface area contributed by atoms with E-state index >= 15 is 0 Å². The zero-order chi connectivity index (χ0) is 30.0. The molecule has 3 aromatic rings. The van der Waals surface area contributed by atoms with E-state index in [9.17, 15) is 4.79 Å².